The Morgan fingerprint density at radius 3 is 2.56 bits per heavy atom. The molecule has 90 valence electrons. The van der Waals surface area contributed by atoms with Crippen molar-refractivity contribution in [3.05, 3.63) is 17.5 Å². The summed E-state index contributed by atoms with van der Waals surface area (Å²) >= 11 is 0. The summed E-state index contributed by atoms with van der Waals surface area (Å²) in [5.41, 5.74) is 7.60. The van der Waals surface area contributed by atoms with E-state index in [4.69, 9.17) is 11.1 Å². The van der Waals surface area contributed by atoms with Crippen LogP contribution in [0.5, 0.6) is 0 Å². The first kappa shape index (κ1) is 12.7. The Kier molecular flexibility index (Phi) is 3.73. The minimum absolute atomic E-state index is 0.198. The van der Waals surface area contributed by atoms with Crippen LogP contribution in [0.15, 0.2) is 6.07 Å². The van der Waals surface area contributed by atoms with Gasteiger partial charge in [0.25, 0.3) is 0 Å². The van der Waals surface area contributed by atoms with Crippen LogP contribution < -0.4 is 5.73 Å². The lowest BCUT2D eigenvalue weighted by Gasteiger charge is -2.22. The standard InChI is InChI=1S/C12H22N4/c1-9-8-10(2)16(15-9)7-5-6-12(3,4)11(13)14/h8H,5-7H2,1-4H3,(H3,13,14). The Labute approximate surface area is 97.3 Å². The zero-order chi connectivity index (χ0) is 12.3. The molecule has 0 aliphatic heterocycles. The molecule has 1 rings (SSSR count). The predicted octanol–water partition coefficient (Wildman–Crippen LogP) is 2.24. The number of hydrogen-bond acceptors (Lipinski definition) is 2. The van der Waals surface area contributed by atoms with Crippen LogP contribution in [-0.4, -0.2) is 15.6 Å². The molecule has 0 aromatic carbocycles. The second-order valence-corrected chi connectivity index (χ2v) is 5.05. The Bertz CT molecular complexity index is 376. The van der Waals surface area contributed by atoms with Gasteiger partial charge in [-0.05, 0) is 32.8 Å². The molecule has 1 aromatic heterocycles. The predicted molar refractivity (Wildman–Crippen MR) is 66.6 cm³/mol. The normalized spacial score (nSPS) is 11.8. The van der Waals surface area contributed by atoms with Crippen molar-refractivity contribution in [2.45, 2.75) is 47.1 Å². The van der Waals surface area contributed by atoms with E-state index < -0.39 is 0 Å². The third kappa shape index (κ3) is 3.08. The van der Waals surface area contributed by atoms with Crippen LogP contribution in [0, 0.1) is 24.7 Å². The fourth-order valence-corrected chi connectivity index (χ4v) is 1.71. The van der Waals surface area contributed by atoms with Gasteiger partial charge in [-0.3, -0.25) is 10.1 Å². The number of nitrogens with one attached hydrogen (secondary N) is 1. The first-order chi connectivity index (χ1) is 7.33. The van der Waals surface area contributed by atoms with Crippen LogP contribution in [0.1, 0.15) is 38.1 Å². The molecule has 0 saturated carbocycles. The van der Waals surface area contributed by atoms with E-state index in [2.05, 4.69) is 18.1 Å². The molecule has 1 aromatic rings. The van der Waals surface area contributed by atoms with Crippen LogP contribution in [0.25, 0.3) is 0 Å². The molecule has 0 aliphatic carbocycles. The monoisotopic (exact) mass is 222 g/mol. The number of rotatable bonds is 5. The van der Waals surface area contributed by atoms with Crippen molar-refractivity contribution < 1.29 is 0 Å². The maximum atomic E-state index is 7.48. The molecular formula is C12H22N4. The van der Waals surface area contributed by atoms with Gasteiger partial charge in [0.2, 0.25) is 0 Å². The Morgan fingerprint density at radius 2 is 2.12 bits per heavy atom. The molecule has 0 saturated heterocycles. The van der Waals surface area contributed by atoms with E-state index in [1.807, 2.05) is 25.5 Å². The van der Waals surface area contributed by atoms with Crippen molar-refractivity contribution in [1.29, 1.82) is 5.41 Å². The molecule has 4 heteroatoms. The SMILES string of the molecule is Cc1cc(C)n(CCCC(C)(C)C(=N)N)n1. The second-order valence-electron chi connectivity index (χ2n) is 5.05. The van der Waals surface area contributed by atoms with Gasteiger partial charge in [-0.25, -0.2) is 0 Å². The van der Waals surface area contributed by atoms with Gasteiger partial charge in [0.05, 0.1) is 11.5 Å². The van der Waals surface area contributed by atoms with Crippen molar-refractivity contribution in [2.75, 3.05) is 0 Å². The number of aryl methyl sites for hydroxylation is 3. The maximum absolute atomic E-state index is 7.48. The van der Waals surface area contributed by atoms with Crippen LogP contribution in [-0.2, 0) is 6.54 Å². The highest BCUT2D eigenvalue weighted by molar-refractivity contribution is 5.82. The van der Waals surface area contributed by atoms with Gasteiger partial charge in [-0.15, -0.1) is 0 Å². The van der Waals surface area contributed by atoms with Crippen LogP contribution in [0.4, 0.5) is 0 Å². The molecule has 16 heavy (non-hydrogen) atoms. The molecule has 0 fully saturated rings. The summed E-state index contributed by atoms with van der Waals surface area (Å²) in [6.07, 6.45) is 1.91. The summed E-state index contributed by atoms with van der Waals surface area (Å²) in [5, 5.41) is 11.9. The van der Waals surface area contributed by atoms with Crippen molar-refractivity contribution in [3.8, 4) is 0 Å². The number of aromatic nitrogens is 2. The smallest absolute Gasteiger partial charge is 0.0963 e. The van der Waals surface area contributed by atoms with Gasteiger partial charge in [0.15, 0.2) is 0 Å². The lowest BCUT2D eigenvalue weighted by atomic mass is 9.87. The van der Waals surface area contributed by atoms with Crippen LogP contribution >= 0.6 is 0 Å². The molecule has 1 heterocycles. The van der Waals surface area contributed by atoms with E-state index in [0.29, 0.717) is 0 Å². The molecule has 4 nitrogen and oxygen atoms in total. The average Bonchev–Trinajstić information content (AvgIpc) is 2.44. The minimum atomic E-state index is -0.198. The van der Waals surface area contributed by atoms with E-state index >= 15 is 0 Å². The number of hydrogen-bond donors (Lipinski definition) is 2. The molecule has 0 amide bonds. The van der Waals surface area contributed by atoms with Gasteiger partial charge in [-0.2, -0.15) is 5.10 Å². The van der Waals surface area contributed by atoms with E-state index in [1.54, 1.807) is 0 Å². The Balaban J connectivity index is 2.48. The molecule has 0 radical (unpaired) electrons. The van der Waals surface area contributed by atoms with Gasteiger partial charge < -0.3 is 5.73 Å². The fourth-order valence-electron chi connectivity index (χ4n) is 1.71. The average molecular weight is 222 g/mol. The zero-order valence-corrected chi connectivity index (χ0v) is 10.7. The van der Waals surface area contributed by atoms with E-state index in [0.717, 1.165) is 25.1 Å². The number of amidine groups is 1. The largest absolute Gasteiger partial charge is 0.387 e. The molecule has 0 aliphatic rings. The zero-order valence-electron chi connectivity index (χ0n) is 10.7. The van der Waals surface area contributed by atoms with Gasteiger partial charge in [0, 0.05) is 17.7 Å². The highest BCUT2D eigenvalue weighted by atomic mass is 15.3. The fraction of sp³-hybridized carbons (Fsp3) is 0.667. The van der Waals surface area contributed by atoms with Crippen molar-refractivity contribution in [1.82, 2.24) is 9.78 Å². The number of nitrogens with two attached hydrogens (primary N) is 1. The molecule has 3 N–H and O–H groups in total. The van der Waals surface area contributed by atoms with Crippen molar-refractivity contribution in [2.24, 2.45) is 11.1 Å². The number of nitrogens with zero attached hydrogens (tertiary/aromatic N) is 2. The molecule has 0 spiro atoms. The summed E-state index contributed by atoms with van der Waals surface area (Å²) in [6.45, 7) is 8.99. The highest BCUT2D eigenvalue weighted by Crippen LogP contribution is 2.22. The second kappa shape index (κ2) is 4.68. The van der Waals surface area contributed by atoms with E-state index in [1.165, 1.54) is 5.69 Å². The third-order valence-corrected chi connectivity index (χ3v) is 3.00. The Hall–Kier alpha value is -1.32. The molecule has 0 unspecified atom stereocenters. The summed E-state index contributed by atoms with van der Waals surface area (Å²) in [4.78, 5) is 0. The summed E-state index contributed by atoms with van der Waals surface area (Å²) in [7, 11) is 0. The lowest BCUT2D eigenvalue weighted by molar-refractivity contribution is 0.416. The lowest BCUT2D eigenvalue weighted by Crippen LogP contribution is -2.31. The summed E-state index contributed by atoms with van der Waals surface area (Å²) < 4.78 is 2.02. The quantitative estimate of drug-likeness (QED) is 0.592. The maximum Gasteiger partial charge on any atom is 0.0963 e. The topological polar surface area (TPSA) is 67.7 Å². The van der Waals surface area contributed by atoms with Gasteiger partial charge in [-0.1, -0.05) is 13.8 Å². The summed E-state index contributed by atoms with van der Waals surface area (Å²) in [5.74, 6) is 0.265. The highest BCUT2D eigenvalue weighted by Gasteiger charge is 2.20. The summed E-state index contributed by atoms with van der Waals surface area (Å²) in [6, 6.07) is 2.08. The first-order valence-electron chi connectivity index (χ1n) is 5.68. The van der Waals surface area contributed by atoms with Crippen LogP contribution in [0.2, 0.25) is 0 Å². The Morgan fingerprint density at radius 1 is 1.50 bits per heavy atom. The van der Waals surface area contributed by atoms with Gasteiger partial charge >= 0.3 is 0 Å². The van der Waals surface area contributed by atoms with Gasteiger partial charge in [0.1, 0.15) is 0 Å². The molecule has 0 atom stereocenters. The van der Waals surface area contributed by atoms with Crippen molar-refractivity contribution >= 4 is 5.84 Å². The third-order valence-electron chi connectivity index (χ3n) is 3.00. The van der Waals surface area contributed by atoms with Crippen LogP contribution in [0.3, 0.4) is 0 Å². The van der Waals surface area contributed by atoms with E-state index in [-0.39, 0.29) is 11.3 Å². The minimum Gasteiger partial charge on any atom is -0.387 e. The van der Waals surface area contributed by atoms with Crippen molar-refractivity contribution in [3.63, 3.8) is 0 Å². The first-order valence-corrected chi connectivity index (χ1v) is 5.68. The molecular weight excluding hydrogens is 200 g/mol. The molecule has 0 bridgehead atoms. The van der Waals surface area contributed by atoms with E-state index in [9.17, 15) is 0 Å².